The minimum atomic E-state index is -0.830. The summed E-state index contributed by atoms with van der Waals surface area (Å²) in [7, 11) is 1.93. The van der Waals surface area contributed by atoms with E-state index in [1.807, 2.05) is 35.3 Å². The zero-order valence-corrected chi connectivity index (χ0v) is 10.1. The lowest BCUT2D eigenvalue weighted by molar-refractivity contribution is -0.136. The first-order chi connectivity index (χ1) is 8.15. The highest BCUT2D eigenvalue weighted by Crippen LogP contribution is 2.14. The number of rotatable bonds is 3. The molecular weight excluding hydrogens is 236 g/mol. The van der Waals surface area contributed by atoms with Crippen molar-refractivity contribution in [3.05, 3.63) is 46.2 Å². The molecule has 0 atom stereocenters. The second kappa shape index (κ2) is 4.97. The Hall–Kier alpha value is -1.88. The van der Waals surface area contributed by atoms with Gasteiger partial charge in [-0.3, -0.25) is 4.79 Å². The predicted octanol–water partition coefficient (Wildman–Crippen LogP) is 1.95. The summed E-state index contributed by atoms with van der Waals surface area (Å²) in [6, 6.07) is 7.28. The van der Waals surface area contributed by atoms with E-state index in [9.17, 15) is 4.79 Å². The molecule has 0 fully saturated rings. The largest absolute Gasteiger partial charge is 0.481 e. The van der Waals surface area contributed by atoms with E-state index in [4.69, 9.17) is 5.11 Å². The minimum absolute atomic E-state index is 0.0277. The van der Waals surface area contributed by atoms with Crippen molar-refractivity contribution in [2.75, 3.05) is 0 Å². The zero-order valence-electron chi connectivity index (χ0n) is 9.33. The normalized spacial score (nSPS) is 11.7. The summed E-state index contributed by atoms with van der Waals surface area (Å²) in [5.41, 5.74) is 1.54. The summed E-state index contributed by atoms with van der Waals surface area (Å²) in [6.07, 6.45) is 1.96. The van der Waals surface area contributed by atoms with Crippen LogP contribution in [-0.4, -0.2) is 15.6 Å². The maximum atomic E-state index is 10.6. The van der Waals surface area contributed by atoms with Gasteiger partial charge in [-0.25, -0.2) is 4.99 Å². The average Bonchev–Trinajstić information content (AvgIpc) is 2.64. The quantitative estimate of drug-likeness (QED) is 0.902. The number of carboxylic acids is 1. The molecule has 4 nitrogen and oxygen atoms in total. The number of benzene rings is 1. The van der Waals surface area contributed by atoms with Crippen LogP contribution in [0, 0.1) is 0 Å². The van der Waals surface area contributed by atoms with E-state index in [0.717, 1.165) is 16.1 Å². The Morgan fingerprint density at radius 2 is 2.35 bits per heavy atom. The van der Waals surface area contributed by atoms with Crippen LogP contribution in [0.1, 0.15) is 5.56 Å². The van der Waals surface area contributed by atoms with Crippen LogP contribution in [-0.2, 0) is 18.3 Å². The van der Waals surface area contributed by atoms with Crippen LogP contribution < -0.4 is 4.80 Å². The Bertz CT molecular complexity index is 598. The first-order valence-corrected chi connectivity index (χ1v) is 5.99. The molecule has 0 saturated carbocycles. The lowest BCUT2D eigenvalue weighted by Gasteiger charge is -1.98. The van der Waals surface area contributed by atoms with Crippen LogP contribution in [0.25, 0.3) is 0 Å². The van der Waals surface area contributed by atoms with Gasteiger partial charge in [-0.05, 0) is 17.7 Å². The zero-order chi connectivity index (χ0) is 12.3. The van der Waals surface area contributed by atoms with Gasteiger partial charge in [0.25, 0.3) is 0 Å². The topological polar surface area (TPSA) is 54.6 Å². The second-order valence-corrected chi connectivity index (χ2v) is 4.52. The molecule has 17 heavy (non-hydrogen) atoms. The summed E-state index contributed by atoms with van der Waals surface area (Å²) in [6.45, 7) is 0. The summed E-state index contributed by atoms with van der Waals surface area (Å²) in [4.78, 5) is 16.0. The van der Waals surface area contributed by atoms with Crippen LogP contribution in [0.4, 0.5) is 5.69 Å². The number of aromatic nitrogens is 1. The average molecular weight is 248 g/mol. The van der Waals surface area contributed by atoms with Crippen molar-refractivity contribution in [2.45, 2.75) is 6.42 Å². The number of carboxylic acid groups (broad SMARTS) is 1. The van der Waals surface area contributed by atoms with Gasteiger partial charge in [0.1, 0.15) is 0 Å². The number of hydrogen-bond donors (Lipinski definition) is 1. The smallest absolute Gasteiger partial charge is 0.307 e. The minimum Gasteiger partial charge on any atom is -0.481 e. The fraction of sp³-hybridized carbons (Fsp3) is 0.167. The molecule has 5 heteroatoms. The van der Waals surface area contributed by atoms with Crippen molar-refractivity contribution in [3.8, 4) is 0 Å². The van der Waals surface area contributed by atoms with Crippen molar-refractivity contribution in [1.82, 2.24) is 4.57 Å². The van der Waals surface area contributed by atoms with Crippen LogP contribution >= 0.6 is 11.3 Å². The molecule has 0 unspecified atom stereocenters. The van der Waals surface area contributed by atoms with Crippen molar-refractivity contribution in [3.63, 3.8) is 0 Å². The predicted molar refractivity (Wildman–Crippen MR) is 66.3 cm³/mol. The van der Waals surface area contributed by atoms with Crippen molar-refractivity contribution in [2.24, 2.45) is 12.0 Å². The van der Waals surface area contributed by atoms with E-state index in [0.29, 0.717) is 0 Å². The summed E-state index contributed by atoms with van der Waals surface area (Å²) < 4.78 is 1.93. The van der Waals surface area contributed by atoms with E-state index >= 15 is 0 Å². The molecule has 0 aliphatic rings. The van der Waals surface area contributed by atoms with Gasteiger partial charge in [-0.1, -0.05) is 12.1 Å². The van der Waals surface area contributed by atoms with Gasteiger partial charge in [-0.2, -0.15) is 0 Å². The van der Waals surface area contributed by atoms with Crippen LogP contribution in [0.2, 0.25) is 0 Å². The first kappa shape index (κ1) is 11.6. The number of carbonyl (C=O) groups is 1. The highest BCUT2D eigenvalue weighted by molar-refractivity contribution is 7.07. The molecule has 0 spiro atoms. The molecule has 0 aliphatic carbocycles. The van der Waals surface area contributed by atoms with Crippen LogP contribution in [0.3, 0.4) is 0 Å². The summed E-state index contributed by atoms with van der Waals surface area (Å²) >= 11 is 1.54. The lowest BCUT2D eigenvalue weighted by atomic mass is 10.1. The van der Waals surface area contributed by atoms with E-state index in [2.05, 4.69) is 4.99 Å². The maximum Gasteiger partial charge on any atom is 0.307 e. The van der Waals surface area contributed by atoms with Crippen molar-refractivity contribution in [1.29, 1.82) is 0 Å². The highest BCUT2D eigenvalue weighted by atomic mass is 32.1. The molecule has 2 rings (SSSR count). The van der Waals surface area contributed by atoms with Crippen LogP contribution in [0.5, 0.6) is 0 Å². The molecular formula is C12H12N2O2S. The van der Waals surface area contributed by atoms with Crippen LogP contribution in [0.15, 0.2) is 40.8 Å². The number of aryl methyl sites for hydroxylation is 1. The molecule has 1 heterocycles. The molecule has 88 valence electrons. The van der Waals surface area contributed by atoms with Crippen molar-refractivity contribution >= 4 is 23.0 Å². The molecule has 1 aromatic heterocycles. The third kappa shape index (κ3) is 3.04. The fourth-order valence-corrected chi connectivity index (χ4v) is 2.21. The van der Waals surface area contributed by atoms with E-state index < -0.39 is 5.97 Å². The highest BCUT2D eigenvalue weighted by Gasteiger charge is 2.00. The van der Waals surface area contributed by atoms with Gasteiger partial charge >= 0.3 is 5.97 Å². The molecule has 0 aliphatic heterocycles. The number of nitrogens with zero attached hydrogens (tertiary/aromatic N) is 2. The van der Waals surface area contributed by atoms with E-state index in [-0.39, 0.29) is 6.42 Å². The molecule has 0 radical (unpaired) electrons. The van der Waals surface area contributed by atoms with Gasteiger partial charge in [0.05, 0.1) is 12.1 Å². The third-order valence-corrected chi connectivity index (χ3v) is 3.10. The Morgan fingerprint density at radius 3 is 3.00 bits per heavy atom. The summed E-state index contributed by atoms with van der Waals surface area (Å²) in [5.74, 6) is -0.830. The maximum absolute atomic E-state index is 10.6. The van der Waals surface area contributed by atoms with Gasteiger partial charge in [0, 0.05) is 18.6 Å². The third-order valence-electron chi connectivity index (χ3n) is 2.25. The molecule has 0 amide bonds. The monoisotopic (exact) mass is 248 g/mol. The van der Waals surface area contributed by atoms with Gasteiger partial charge in [0.15, 0.2) is 4.80 Å². The van der Waals surface area contributed by atoms with Gasteiger partial charge in [0.2, 0.25) is 0 Å². The molecule has 0 saturated heterocycles. The Morgan fingerprint density at radius 1 is 1.53 bits per heavy atom. The lowest BCUT2D eigenvalue weighted by Crippen LogP contribution is -2.08. The Labute approximate surface area is 103 Å². The molecule has 2 aromatic rings. The van der Waals surface area contributed by atoms with Crippen molar-refractivity contribution < 1.29 is 9.90 Å². The van der Waals surface area contributed by atoms with E-state index in [1.54, 1.807) is 23.5 Å². The first-order valence-electron chi connectivity index (χ1n) is 5.11. The standard InChI is InChI=1S/C12H12N2O2S/c1-14-5-6-17-12(14)13-10-4-2-3-9(7-10)8-11(15)16/h2-7H,8H2,1H3,(H,15,16)/b13-12-. The van der Waals surface area contributed by atoms with E-state index in [1.165, 1.54) is 0 Å². The Balaban J connectivity index is 2.35. The van der Waals surface area contributed by atoms with Gasteiger partial charge < -0.3 is 9.67 Å². The molecule has 0 bridgehead atoms. The number of thiazole rings is 1. The SMILES string of the molecule is Cn1ccs/c1=N\c1cccc(CC(=O)O)c1. The second-order valence-electron chi connectivity index (χ2n) is 3.65. The number of hydrogen-bond acceptors (Lipinski definition) is 3. The molecule has 1 N–H and O–H groups in total. The summed E-state index contributed by atoms with van der Waals surface area (Å²) in [5, 5.41) is 10.7. The fourth-order valence-electron chi connectivity index (χ4n) is 1.46. The van der Waals surface area contributed by atoms with Gasteiger partial charge in [-0.15, -0.1) is 11.3 Å². The molecule has 1 aromatic carbocycles. The number of aliphatic carboxylic acids is 1. The Kier molecular flexibility index (Phi) is 3.39.